The lowest BCUT2D eigenvalue weighted by Crippen LogP contribution is -2.30. The average Bonchev–Trinajstić information content (AvgIpc) is 2.85. The van der Waals surface area contributed by atoms with Crippen LogP contribution in [0.3, 0.4) is 0 Å². The van der Waals surface area contributed by atoms with Crippen LogP contribution in [-0.4, -0.2) is 35.9 Å². The first-order chi connectivity index (χ1) is 14.7. The molecule has 164 valence electrons. The average molecular weight is 433 g/mol. The molecule has 0 aliphatic carbocycles. The molecule has 1 atom stereocenters. The summed E-state index contributed by atoms with van der Waals surface area (Å²) in [6, 6.07) is 15.2. The van der Waals surface area contributed by atoms with Gasteiger partial charge in [-0.3, -0.25) is 10.2 Å². The van der Waals surface area contributed by atoms with Gasteiger partial charge in [-0.1, -0.05) is 62.4 Å². The van der Waals surface area contributed by atoms with Crippen LogP contribution < -0.4 is 11.1 Å². The molecule has 0 saturated heterocycles. The van der Waals surface area contributed by atoms with Crippen LogP contribution in [0.4, 0.5) is 18.9 Å². The number of amides is 1. The summed E-state index contributed by atoms with van der Waals surface area (Å²) >= 11 is 0. The van der Waals surface area contributed by atoms with E-state index >= 15 is 0 Å². The summed E-state index contributed by atoms with van der Waals surface area (Å²) in [5, 5.41) is 9.89. The Labute approximate surface area is 177 Å². The van der Waals surface area contributed by atoms with Gasteiger partial charge in [0.25, 0.3) is 11.9 Å². The molecule has 2 aromatic carbocycles. The van der Waals surface area contributed by atoms with Gasteiger partial charge in [0.15, 0.2) is 5.90 Å². The van der Waals surface area contributed by atoms with Gasteiger partial charge >= 0.3 is 6.18 Å². The minimum absolute atomic E-state index is 0.450. The van der Waals surface area contributed by atoms with Crippen LogP contribution in [0.1, 0.15) is 31.4 Å². The topological polar surface area (TPSA) is 113 Å². The first kappa shape index (κ1) is 23.6. The lowest BCUT2D eigenvalue weighted by Gasteiger charge is -2.10. The number of nitrogens with zero attached hydrogens (tertiary/aromatic N) is 2. The van der Waals surface area contributed by atoms with Gasteiger partial charge < -0.3 is 15.8 Å². The Morgan fingerprint density at radius 1 is 1.16 bits per heavy atom. The molecule has 0 fully saturated rings. The minimum Gasteiger partial charge on any atom is -0.412 e. The van der Waals surface area contributed by atoms with Crippen LogP contribution in [0, 0.1) is 5.41 Å². The van der Waals surface area contributed by atoms with Crippen molar-refractivity contribution in [1.29, 1.82) is 5.41 Å². The maximum absolute atomic E-state index is 12.5. The molecule has 31 heavy (non-hydrogen) atoms. The number of alkyl halides is 3. The predicted molar refractivity (Wildman–Crippen MR) is 113 cm³/mol. The summed E-state index contributed by atoms with van der Waals surface area (Å²) in [5.74, 6) is -1.78. The number of benzodiazepines with no additional fused rings is 1. The maximum Gasteiger partial charge on any atom is 0.397 e. The number of nitrogens with two attached hydrogens (primary N) is 1. The van der Waals surface area contributed by atoms with E-state index in [1.807, 2.05) is 19.9 Å². The van der Waals surface area contributed by atoms with Gasteiger partial charge in [0, 0.05) is 11.1 Å². The molecule has 1 unspecified atom stereocenters. The van der Waals surface area contributed by atoms with Gasteiger partial charge in [-0.15, -0.1) is 0 Å². The fourth-order valence-electron chi connectivity index (χ4n) is 2.65. The van der Waals surface area contributed by atoms with E-state index in [0.29, 0.717) is 22.5 Å². The number of benzene rings is 2. The predicted octanol–water partition coefficient (Wildman–Crippen LogP) is 4.09. The second-order valence-electron chi connectivity index (χ2n) is 6.04. The molecule has 1 heterocycles. The zero-order valence-electron chi connectivity index (χ0n) is 16.9. The molecule has 1 amide bonds. The van der Waals surface area contributed by atoms with Crippen molar-refractivity contribution in [2.45, 2.75) is 32.6 Å². The van der Waals surface area contributed by atoms with E-state index in [4.69, 9.17) is 11.1 Å². The summed E-state index contributed by atoms with van der Waals surface area (Å²) in [5.41, 5.74) is 7.81. The van der Waals surface area contributed by atoms with Gasteiger partial charge in [0.05, 0.1) is 11.4 Å². The number of rotatable bonds is 3. The lowest BCUT2D eigenvalue weighted by molar-refractivity contribution is -0.123. The molecule has 10 heteroatoms. The highest BCUT2D eigenvalue weighted by Gasteiger charge is 2.31. The number of halogens is 3. The molecular weight excluding hydrogens is 411 g/mol. The third kappa shape index (κ3) is 6.66. The lowest BCUT2D eigenvalue weighted by atomic mass is 10.0. The first-order valence-corrected chi connectivity index (χ1v) is 9.42. The molecule has 0 saturated carbocycles. The molecule has 2 aromatic rings. The summed E-state index contributed by atoms with van der Waals surface area (Å²) < 4.78 is 41.6. The van der Waals surface area contributed by atoms with Crippen LogP contribution in [0.5, 0.6) is 0 Å². The van der Waals surface area contributed by atoms with Gasteiger partial charge in [0.2, 0.25) is 6.17 Å². The Morgan fingerprint density at radius 2 is 1.77 bits per heavy atom. The van der Waals surface area contributed by atoms with Crippen LogP contribution in [0.25, 0.3) is 0 Å². The maximum atomic E-state index is 12.5. The third-order valence-electron chi connectivity index (χ3n) is 3.81. The van der Waals surface area contributed by atoms with Crippen LogP contribution in [0.15, 0.2) is 64.6 Å². The molecule has 1 aliphatic rings. The number of nitrogens with one attached hydrogen (secondary N) is 2. The number of ether oxygens (including phenoxy) is 1. The third-order valence-corrected chi connectivity index (χ3v) is 3.81. The molecule has 0 spiro atoms. The van der Waals surface area contributed by atoms with Crippen LogP contribution in [-0.2, 0) is 9.53 Å². The number of amidine groups is 1. The van der Waals surface area contributed by atoms with E-state index in [1.54, 1.807) is 48.5 Å². The number of anilines is 1. The zero-order valence-corrected chi connectivity index (χ0v) is 16.9. The molecule has 0 bridgehead atoms. The fraction of sp³-hybridized carbons (Fsp3) is 0.238. The van der Waals surface area contributed by atoms with Gasteiger partial charge in [-0.05, 0) is 6.07 Å². The zero-order chi connectivity index (χ0) is 23.0. The van der Waals surface area contributed by atoms with Gasteiger partial charge in [-0.25, -0.2) is 4.99 Å². The highest BCUT2D eigenvalue weighted by atomic mass is 19.4. The van der Waals surface area contributed by atoms with E-state index in [1.165, 1.54) is 0 Å². The monoisotopic (exact) mass is 433 g/mol. The van der Waals surface area contributed by atoms with E-state index in [9.17, 15) is 18.0 Å². The number of carbonyl (C=O) groups excluding carboxylic acids is 1. The molecule has 4 N–H and O–H groups in total. The Morgan fingerprint density at radius 3 is 2.42 bits per heavy atom. The van der Waals surface area contributed by atoms with Crippen molar-refractivity contribution in [2.24, 2.45) is 15.7 Å². The standard InChI is InChI=1S/C19H16F3N5O2.C2H6/c20-19(21,22)10-14(23)29-18(24)27-16-17(28)25-13-9-5-4-8-12(13)15(26-16)11-6-2-1-3-7-11;1-2/h1-9,16,23H,10H2,(H2,24,27)(H,25,28);1-2H3. The quantitative estimate of drug-likeness (QED) is 0.500. The molecule has 0 aromatic heterocycles. The number of hydrogen-bond acceptors (Lipinski definition) is 5. The van der Waals surface area contributed by atoms with Crippen molar-refractivity contribution in [3.05, 3.63) is 65.7 Å². The van der Waals surface area contributed by atoms with Crippen LogP contribution >= 0.6 is 0 Å². The Balaban J connectivity index is 0.00000166. The van der Waals surface area contributed by atoms with Crippen molar-refractivity contribution in [1.82, 2.24) is 0 Å². The van der Waals surface area contributed by atoms with Crippen LogP contribution in [0.2, 0.25) is 0 Å². The Hall–Kier alpha value is -3.69. The summed E-state index contributed by atoms with van der Waals surface area (Å²) in [7, 11) is 0. The fourth-order valence-corrected chi connectivity index (χ4v) is 2.65. The highest BCUT2D eigenvalue weighted by molar-refractivity contribution is 6.19. The number of aliphatic imine (C=N–C) groups is 2. The smallest absolute Gasteiger partial charge is 0.397 e. The van der Waals surface area contributed by atoms with Gasteiger partial charge in [0.1, 0.15) is 6.42 Å². The highest BCUT2D eigenvalue weighted by Crippen LogP contribution is 2.24. The first-order valence-electron chi connectivity index (χ1n) is 9.42. The second kappa shape index (κ2) is 10.4. The summed E-state index contributed by atoms with van der Waals surface area (Å²) in [4.78, 5) is 20.7. The van der Waals surface area contributed by atoms with Crippen molar-refractivity contribution >= 4 is 29.2 Å². The van der Waals surface area contributed by atoms with E-state index in [0.717, 1.165) is 0 Å². The number of carbonyl (C=O) groups is 1. The SMILES string of the molecule is CC.N=C(CC(F)(F)F)O/C(N)=N/C1N=C(c2ccccc2)c2ccccc2NC1=O. The molecule has 0 radical (unpaired) electrons. The minimum atomic E-state index is -4.63. The van der Waals surface area contributed by atoms with Crippen molar-refractivity contribution in [3.63, 3.8) is 0 Å². The Kier molecular flexibility index (Phi) is 7.89. The molecule has 3 rings (SSSR count). The van der Waals surface area contributed by atoms with E-state index in [2.05, 4.69) is 20.0 Å². The normalized spacial score (nSPS) is 16.0. The molecular formula is C21H22F3N5O2. The summed E-state index contributed by atoms with van der Waals surface area (Å²) in [6.45, 7) is 4.00. The Bertz CT molecular complexity index is 988. The molecule has 7 nitrogen and oxygen atoms in total. The van der Waals surface area contributed by atoms with Crippen molar-refractivity contribution in [2.75, 3.05) is 5.32 Å². The van der Waals surface area contributed by atoms with E-state index < -0.39 is 36.6 Å². The number of fused-ring (bicyclic) bond motifs is 1. The number of para-hydroxylation sites is 1. The van der Waals surface area contributed by atoms with Gasteiger partial charge in [-0.2, -0.15) is 18.2 Å². The number of hydrogen-bond donors (Lipinski definition) is 3. The molecule has 1 aliphatic heterocycles. The van der Waals surface area contributed by atoms with Crippen molar-refractivity contribution in [3.8, 4) is 0 Å². The summed E-state index contributed by atoms with van der Waals surface area (Å²) in [6.07, 6.45) is -7.64. The van der Waals surface area contributed by atoms with E-state index in [-0.39, 0.29) is 0 Å². The second-order valence-corrected chi connectivity index (χ2v) is 6.04. The van der Waals surface area contributed by atoms with Crippen molar-refractivity contribution < 1.29 is 22.7 Å². The largest absolute Gasteiger partial charge is 0.412 e.